The zero-order chi connectivity index (χ0) is 18.8. The summed E-state index contributed by atoms with van der Waals surface area (Å²) in [6, 6.07) is 17.9. The fraction of sp³-hybridized carbons (Fsp3) is 0.0952. The number of ether oxygens (including phenoxy) is 1. The average Bonchev–Trinajstić information content (AvgIpc) is 2.68. The number of nitrogen functional groups attached to an aromatic ring is 1. The second kappa shape index (κ2) is 7.32. The quantitative estimate of drug-likeness (QED) is 0.496. The SMILES string of the molecule is CCOc1ccccc1-c1cc(-c2cccc(Br)c2)nc2ncnc(N)c12. The van der Waals surface area contributed by atoms with E-state index < -0.39 is 0 Å². The standard InChI is InChI=1S/C21H17BrN4O/c1-2-27-18-9-4-3-8-15(18)16-11-17(13-6-5-7-14(22)10-13)26-21-19(16)20(23)24-12-25-21/h3-12H,2H2,1H3,(H2,23,24,25,26). The average molecular weight is 421 g/mol. The van der Waals surface area contributed by atoms with Crippen LogP contribution in [0.3, 0.4) is 0 Å². The maximum atomic E-state index is 6.19. The first-order valence-corrected chi connectivity index (χ1v) is 9.36. The molecule has 6 heteroatoms. The van der Waals surface area contributed by atoms with Crippen LogP contribution in [0.2, 0.25) is 0 Å². The topological polar surface area (TPSA) is 73.9 Å². The van der Waals surface area contributed by atoms with Crippen molar-refractivity contribution in [3.8, 4) is 28.1 Å². The van der Waals surface area contributed by atoms with E-state index in [2.05, 4.69) is 25.9 Å². The van der Waals surface area contributed by atoms with Gasteiger partial charge in [-0.25, -0.2) is 15.0 Å². The van der Waals surface area contributed by atoms with Crippen molar-refractivity contribution in [3.63, 3.8) is 0 Å². The summed E-state index contributed by atoms with van der Waals surface area (Å²) in [5.74, 6) is 1.19. The lowest BCUT2D eigenvalue weighted by Crippen LogP contribution is -2.00. The van der Waals surface area contributed by atoms with Crippen LogP contribution in [0.4, 0.5) is 5.82 Å². The molecule has 2 N–H and O–H groups in total. The van der Waals surface area contributed by atoms with Gasteiger partial charge in [0.1, 0.15) is 17.9 Å². The highest BCUT2D eigenvalue weighted by atomic mass is 79.9. The molecule has 2 aromatic heterocycles. The van der Waals surface area contributed by atoms with E-state index in [0.29, 0.717) is 18.1 Å². The Labute approximate surface area is 165 Å². The second-order valence-corrected chi connectivity index (χ2v) is 6.87. The van der Waals surface area contributed by atoms with E-state index in [4.69, 9.17) is 15.5 Å². The van der Waals surface area contributed by atoms with Crippen molar-refractivity contribution in [3.05, 3.63) is 65.4 Å². The van der Waals surface area contributed by atoms with Gasteiger partial charge in [0.05, 0.1) is 17.7 Å². The summed E-state index contributed by atoms with van der Waals surface area (Å²) in [6.07, 6.45) is 1.44. The number of rotatable bonds is 4. The van der Waals surface area contributed by atoms with E-state index in [-0.39, 0.29) is 0 Å². The minimum absolute atomic E-state index is 0.398. The highest BCUT2D eigenvalue weighted by Crippen LogP contribution is 2.38. The van der Waals surface area contributed by atoms with E-state index in [1.165, 1.54) is 6.33 Å². The van der Waals surface area contributed by atoms with Crippen LogP contribution in [0.15, 0.2) is 65.4 Å². The normalized spacial score (nSPS) is 10.9. The molecule has 134 valence electrons. The number of nitrogens with zero attached hydrogens (tertiary/aromatic N) is 3. The number of nitrogens with two attached hydrogens (primary N) is 1. The number of hydrogen-bond acceptors (Lipinski definition) is 5. The Morgan fingerprint density at radius 2 is 1.85 bits per heavy atom. The van der Waals surface area contributed by atoms with E-state index in [9.17, 15) is 0 Å². The summed E-state index contributed by atoms with van der Waals surface area (Å²) >= 11 is 3.52. The molecule has 0 fully saturated rings. The molecule has 0 atom stereocenters. The Morgan fingerprint density at radius 1 is 1.00 bits per heavy atom. The highest BCUT2D eigenvalue weighted by Gasteiger charge is 2.16. The first-order chi connectivity index (χ1) is 13.2. The molecule has 0 unspecified atom stereocenters. The van der Waals surface area contributed by atoms with E-state index in [0.717, 1.165) is 38.0 Å². The molecule has 27 heavy (non-hydrogen) atoms. The van der Waals surface area contributed by atoms with Crippen LogP contribution >= 0.6 is 15.9 Å². The molecule has 0 bridgehead atoms. The molecule has 2 aromatic carbocycles. The third kappa shape index (κ3) is 3.36. The number of pyridine rings is 1. The number of benzene rings is 2. The first kappa shape index (κ1) is 17.4. The predicted octanol–water partition coefficient (Wildman–Crippen LogP) is 5.10. The van der Waals surface area contributed by atoms with Crippen LogP contribution in [0.1, 0.15) is 6.92 Å². The number of aromatic nitrogens is 3. The number of para-hydroxylation sites is 1. The number of fused-ring (bicyclic) bond motifs is 1. The fourth-order valence-electron chi connectivity index (χ4n) is 3.07. The maximum absolute atomic E-state index is 6.19. The summed E-state index contributed by atoms with van der Waals surface area (Å²) in [7, 11) is 0. The highest BCUT2D eigenvalue weighted by molar-refractivity contribution is 9.10. The van der Waals surface area contributed by atoms with Crippen molar-refractivity contribution < 1.29 is 4.74 Å². The van der Waals surface area contributed by atoms with Crippen LogP contribution in [0.5, 0.6) is 5.75 Å². The van der Waals surface area contributed by atoms with Crippen LogP contribution in [-0.2, 0) is 0 Å². The van der Waals surface area contributed by atoms with Gasteiger partial charge in [-0.05, 0) is 31.2 Å². The van der Waals surface area contributed by atoms with Gasteiger partial charge in [-0.15, -0.1) is 0 Å². The third-order valence-electron chi connectivity index (χ3n) is 4.23. The van der Waals surface area contributed by atoms with Gasteiger partial charge in [0.15, 0.2) is 5.65 Å². The summed E-state index contributed by atoms with van der Waals surface area (Å²) in [4.78, 5) is 13.2. The molecule has 4 aromatic rings. The molecule has 0 radical (unpaired) electrons. The Kier molecular flexibility index (Phi) is 4.73. The lowest BCUT2D eigenvalue weighted by molar-refractivity contribution is 0.341. The monoisotopic (exact) mass is 420 g/mol. The smallest absolute Gasteiger partial charge is 0.165 e. The maximum Gasteiger partial charge on any atom is 0.165 e. The molecule has 4 rings (SSSR count). The summed E-state index contributed by atoms with van der Waals surface area (Å²) in [5, 5.41) is 0.725. The zero-order valence-corrected chi connectivity index (χ0v) is 16.3. The van der Waals surface area contributed by atoms with E-state index >= 15 is 0 Å². The number of hydrogen-bond donors (Lipinski definition) is 1. The first-order valence-electron chi connectivity index (χ1n) is 8.56. The van der Waals surface area contributed by atoms with Gasteiger partial charge in [-0.2, -0.15) is 0 Å². The van der Waals surface area contributed by atoms with Gasteiger partial charge >= 0.3 is 0 Å². The molecule has 5 nitrogen and oxygen atoms in total. The minimum Gasteiger partial charge on any atom is -0.493 e. The fourth-order valence-corrected chi connectivity index (χ4v) is 3.47. The summed E-state index contributed by atoms with van der Waals surface area (Å²) < 4.78 is 6.82. The number of halogens is 1. The molecule has 0 amide bonds. The van der Waals surface area contributed by atoms with E-state index in [1.807, 2.05) is 61.5 Å². The van der Waals surface area contributed by atoms with Crippen molar-refractivity contribution in [2.45, 2.75) is 6.92 Å². The van der Waals surface area contributed by atoms with Gasteiger partial charge in [-0.3, -0.25) is 0 Å². The van der Waals surface area contributed by atoms with Gasteiger partial charge < -0.3 is 10.5 Å². The molecule has 0 aliphatic rings. The van der Waals surface area contributed by atoms with Gasteiger partial charge in [0, 0.05) is 21.2 Å². The number of anilines is 1. The minimum atomic E-state index is 0.398. The van der Waals surface area contributed by atoms with Crippen LogP contribution in [0.25, 0.3) is 33.4 Å². The molecule has 0 saturated heterocycles. The van der Waals surface area contributed by atoms with Gasteiger partial charge in [0.2, 0.25) is 0 Å². The largest absolute Gasteiger partial charge is 0.493 e. The van der Waals surface area contributed by atoms with E-state index in [1.54, 1.807) is 0 Å². The van der Waals surface area contributed by atoms with Crippen molar-refractivity contribution in [1.29, 1.82) is 0 Å². The molecule has 0 aliphatic carbocycles. The molecule has 2 heterocycles. The Morgan fingerprint density at radius 3 is 2.67 bits per heavy atom. The Hall–Kier alpha value is -2.99. The zero-order valence-electron chi connectivity index (χ0n) is 14.7. The van der Waals surface area contributed by atoms with Gasteiger partial charge in [-0.1, -0.05) is 46.3 Å². The Balaban J connectivity index is 2.04. The summed E-state index contributed by atoms with van der Waals surface area (Å²) in [6.45, 7) is 2.54. The van der Waals surface area contributed by atoms with Crippen LogP contribution in [-0.4, -0.2) is 21.6 Å². The lowest BCUT2D eigenvalue weighted by atomic mass is 9.99. The van der Waals surface area contributed by atoms with Gasteiger partial charge in [0.25, 0.3) is 0 Å². The molecule has 0 aliphatic heterocycles. The van der Waals surface area contributed by atoms with Crippen LogP contribution in [0, 0.1) is 0 Å². The predicted molar refractivity (Wildman–Crippen MR) is 111 cm³/mol. The molecule has 0 spiro atoms. The Bertz CT molecular complexity index is 1130. The lowest BCUT2D eigenvalue weighted by Gasteiger charge is -2.14. The van der Waals surface area contributed by atoms with Crippen molar-refractivity contribution in [2.24, 2.45) is 0 Å². The third-order valence-corrected chi connectivity index (χ3v) is 4.72. The van der Waals surface area contributed by atoms with Crippen LogP contribution < -0.4 is 10.5 Å². The second-order valence-electron chi connectivity index (χ2n) is 5.95. The van der Waals surface area contributed by atoms with Crippen molar-refractivity contribution >= 4 is 32.8 Å². The van der Waals surface area contributed by atoms with Crippen molar-refractivity contribution in [2.75, 3.05) is 12.3 Å². The molecule has 0 saturated carbocycles. The molecular weight excluding hydrogens is 404 g/mol. The molecular formula is C21H17BrN4O. The summed E-state index contributed by atoms with van der Waals surface area (Å²) in [5.41, 5.74) is 10.4. The van der Waals surface area contributed by atoms with Crippen molar-refractivity contribution in [1.82, 2.24) is 15.0 Å².